The molecule has 0 amide bonds. The number of carbonyl (C=O) groups excluding carboxylic acids is 1. The van der Waals surface area contributed by atoms with Crippen molar-refractivity contribution in [1.29, 1.82) is 0 Å². The van der Waals surface area contributed by atoms with Crippen LogP contribution in [0, 0.1) is 0 Å². The fourth-order valence-electron chi connectivity index (χ4n) is 2.39. The molecular weight excluding hydrogens is 248 g/mol. The monoisotopic (exact) mass is 262 g/mol. The van der Waals surface area contributed by atoms with Crippen molar-refractivity contribution in [3.05, 3.63) is 71.8 Å². The van der Waals surface area contributed by atoms with Gasteiger partial charge in [-0.3, -0.25) is 14.8 Å². The van der Waals surface area contributed by atoms with E-state index in [4.69, 9.17) is 0 Å². The highest BCUT2D eigenvalue weighted by Gasteiger charge is 2.15. The molecule has 3 nitrogen and oxygen atoms in total. The summed E-state index contributed by atoms with van der Waals surface area (Å²) in [5.41, 5.74) is 2.38. The molecule has 98 valence electrons. The highest BCUT2D eigenvalue weighted by Crippen LogP contribution is 2.22. The summed E-state index contributed by atoms with van der Waals surface area (Å²) < 4.78 is 0. The van der Waals surface area contributed by atoms with Crippen molar-refractivity contribution in [1.82, 2.24) is 9.97 Å². The summed E-state index contributed by atoms with van der Waals surface area (Å²) in [6.45, 7) is 2.03. The highest BCUT2D eigenvalue weighted by molar-refractivity contribution is 6.16. The van der Waals surface area contributed by atoms with Crippen LogP contribution in [0.5, 0.6) is 0 Å². The second kappa shape index (κ2) is 5.21. The number of ketones is 1. The average molecular weight is 262 g/mol. The Morgan fingerprint density at radius 3 is 2.65 bits per heavy atom. The second-order valence-corrected chi connectivity index (χ2v) is 4.62. The Labute approximate surface area is 117 Å². The molecule has 0 saturated heterocycles. The number of rotatable bonds is 3. The summed E-state index contributed by atoms with van der Waals surface area (Å²) >= 11 is 0. The van der Waals surface area contributed by atoms with Gasteiger partial charge in [0, 0.05) is 41.3 Å². The van der Waals surface area contributed by atoms with Crippen molar-refractivity contribution in [3.8, 4) is 0 Å². The number of aromatic nitrogens is 2. The minimum absolute atomic E-state index is 0.0304. The molecule has 0 unspecified atom stereocenters. The summed E-state index contributed by atoms with van der Waals surface area (Å²) in [4.78, 5) is 21.0. The van der Waals surface area contributed by atoms with E-state index >= 15 is 0 Å². The van der Waals surface area contributed by atoms with Gasteiger partial charge in [-0.15, -0.1) is 0 Å². The molecule has 0 radical (unpaired) electrons. The third-order valence-corrected chi connectivity index (χ3v) is 3.46. The fraction of sp³-hybridized carbons (Fsp3) is 0.118. The molecule has 0 bridgehead atoms. The summed E-state index contributed by atoms with van der Waals surface area (Å²) in [5, 5.41) is 1.91. The molecule has 20 heavy (non-hydrogen) atoms. The van der Waals surface area contributed by atoms with Gasteiger partial charge in [0.05, 0.1) is 0 Å². The first kappa shape index (κ1) is 12.5. The van der Waals surface area contributed by atoms with Crippen LogP contribution in [0.1, 0.15) is 28.4 Å². The highest BCUT2D eigenvalue weighted by atomic mass is 16.1. The van der Waals surface area contributed by atoms with Crippen LogP contribution in [-0.4, -0.2) is 15.8 Å². The maximum Gasteiger partial charge on any atom is 0.194 e. The van der Waals surface area contributed by atoms with Gasteiger partial charge in [-0.1, -0.05) is 25.1 Å². The van der Waals surface area contributed by atoms with Crippen LogP contribution in [0.4, 0.5) is 0 Å². The molecule has 0 N–H and O–H groups in total. The van der Waals surface area contributed by atoms with E-state index in [0.29, 0.717) is 5.56 Å². The smallest absolute Gasteiger partial charge is 0.194 e. The number of pyridine rings is 2. The molecule has 2 heterocycles. The molecule has 3 heteroatoms. The van der Waals surface area contributed by atoms with E-state index in [1.807, 2.05) is 31.2 Å². The Kier molecular flexibility index (Phi) is 3.25. The summed E-state index contributed by atoms with van der Waals surface area (Å²) in [6, 6.07) is 9.45. The SMILES string of the molecule is CCc1cnccc1C(=O)c1cccc2ccncc12. The van der Waals surface area contributed by atoms with E-state index in [-0.39, 0.29) is 5.78 Å². The zero-order valence-corrected chi connectivity index (χ0v) is 11.2. The molecule has 0 aliphatic heterocycles. The fourth-order valence-corrected chi connectivity index (χ4v) is 2.39. The van der Waals surface area contributed by atoms with Crippen molar-refractivity contribution in [2.75, 3.05) is 0 Å². The van der Waals surface area contributed by atoms with Gasteiger partial charge in [-0.25, -0.2) is 0 Å². The van der Waals surface area contributed by atoms with Crippen molar-refractivity contribution in [3.63, 3.8) is 0 Å². The van der Waals surface area contributed by atoms with Crippen molar-refractivity contribution in [2.45, 2.75) is 13.3 Å². The molecule has 0 atom stereocenters. The number of carbonyl (C=O) groups is 1. The van der Waals surface area contributed by atoms with E-state index in [2.05, 4.69) is 9.97 Å². The number of fused-ring (bicyclic) bond motifs is 1. The lowest BCUT2D eigenvalue weighted by Gasteiger charge is -2.08. The summed E-state index contributed by atoms with van der Waals surface area (Å²) in [7, 11) is 0. The predicted molar refractivity (Wildman–Crippen MR) is 78.8 cm³/mol. The third-order valence-electron chi connectivity index (χ3n) is 3.46. The van der Waals surface area contributed by atoms with Gasteiger partial charge in [0.15, 0.2) is 5.78 Å². The third kappa shape index (κ3) is 2.07. The maximum absolute atomic E-state index is 12.8. The molecular formula is C17H14N2O. The molecule has 0 aliphatic carbocycles. The van der Waals surface area contributed by atoms with Gasteiger partial charge in [0.1, 0.15) is 0 Å². The van der Waals surface area contributed by atoms with E-state index in [1.54, 1.807) is 30.9 Å². The van der Waals surface area contributed by atoms with Crippen LogP contribution in [-0.2, 0) is 6.42 Å². The molecule has 0 aliphatic rings. The minimum atomic E-state index is 0.0304. The van der Waals surface area contributed by atoms with Crippen molar-refractivity contribution < 1.29 is 4.79 Å². The molecule has 1 aromatic carbocycles. The number of nitrogens with zero attached hydrogens (tertiary/aromatic N) is 2. The van der Waals surface area contributed by atoms with E-state index in [1.165, 1.54) is 0 Å². The lowest BCUT2D eigenvalue weighted by molar-refractivity contribution is 0.103. The largest absolute Gasteiger partial charge is 0.289 e. The van der Waals surface area contributed by atoms with Gasteiger partial charge in [-0.05, 0) is 29.5 Å². The molecule has 2 aromatic heterocycles. The van der Waals surface area contributed by atoms with Crippen LogP contribution in [0.25, 0.3) is 10.8 Å². The number of aryl methyl sites for hydroxylation is 1. The van der Waals surface area contributed by atoms with Gasteiger partial charge >= 0.3 is 0 Å². The Morgan fingerprint density at radius 1 is 1.00 bits per heavy atom. The van der Waals surface area contributed by atoms with Crippen LogP contribution >= 0.6 is 0 Å². The van der Waals surface area contributed by atoms with Crippen LogP contribution in [0.15, 0.2) is 55.1 Å². The normalized spacial score (nSPS) is 10.7. The van der Waals surface area contributed by atoms with Gasteiger partial charge < -0.3 is 0 Å². The molecule has 3 rings (SSSR count). The van der Waals surface area contributed by atoms with Crippen LogP contribution in [0.2, 0.25) is 0 Å². The Hall–Kier alpha value is -2.55. The van der Waals surface area contributed by atoms with Gasteiger partial charge in [0.2, 0.25) is 0 Å². The lowest BCUT2D eigenvalue weighted by Crippen LogP contribution is -2.06. The first-order chi connectivity index (χ1) is 9.81. The zero-order chi connectivity index (χ0) is 13.9. The van der Waals surface area contributed by atoms with E-state index in [0.717, 1.165) is 28.3 Å². The molecule has 0 saturated carbocycles. The predicted octanol–water partition coefficient (Wildman–Crippen LogP) is 3.42. The molecule has 0 spiro atoms. The van der Waals surface area contributed by atoms with Crippen LogP contribution < -0.4 is 0 Å². The quantitative estimate of drug-likeness (QED) is 0.679. The standard InChI is InChI=1S/C17H14N2O/c1-2-12-10-18-9-7-14(12)17(20)15-5-3-4-13-6-8-19-11-16(13)15/h3-11H,2H2,1H3. The van der Waals surface area contributed by atoms with Crippen LogP contribution in [0.3, 0.4) is 0 Å². The topological polar surface area (TPSA) is 42.9 Å². The number of hydrogen-bond acceptors (Lipinski definition) is 3. The zero-order valence-electron chi connectivity index (χ0n) is 11.2. The minimum Gasteiger partial charge on any atom is -0.289 e. The van der Waals surface area contributed by atoms with E-state index in [9.17, 15) is 4.79 Å². The average Bonchev–Trinajstić information content (AvgIpc) is 2.53. The molecule has 3 aromatic rings. The Bertz CT molecular complexity index is 775. The van der Waals surface area contributed by atoms with Crippen molar-refractivity contribution in [2.24, 2.45) is 0 Å². The lowest BCUT2D eigenvalue weighted by atomic mass is 9.95. The summed E-state index contributed by atoms with van der Waals surface area (Å²) in [6.07, 6.45) is 7.69. The first-order valence-electron chi connectivity index (χ1n) is 6.61. The van der Waals surface area contributed by atoms with Gasteiger partial charge in [-0.2, -0.15) is 0 Å². The van der Waals surface area contributed by atoms with Crippen molar-refractivity contribution >= 4 is 16.6 Å². The number of benzene rings is 1. The van der Waals surface area contributed by atoms with Gasteiger partial charge in [0.25, 0.3) is 0 Å². The summed E-state index contributed by atoms with van der Waals surface area (Å²) in [5.74, 6) is 0.0304. The first-order valence-corrected chi connectivity index (χ1v) is 6.61. The Balaban J connectivity index is 2.18. The molecule has 0 fully saturated rings. The Morgan fingerprint density at radius 2 is 1.80 bits per heavy atom. The number of hydrogen-bond donors (Lipinski definition) is 0. The van der Waals surface area contributed by atoms with E-state index < -0.39 is 0 Å². The second-order valence-electron chi connectivity index (χ2n) is 4.62. The maximum atomic E-state index is 12.8.